The zero-order valence-corrected chi connectivity index (χ0v) is 13.3. The van der Waals surface area contributed by atoms with Gasteiger partial charge >= 0.3 is 0 Å². The second kappa shape index (κ2) is 7.00. The third-order valence-corrected chi connectivity index (χ3v) is 3.40. The summed E-state index contributed by atoms with van der Waals surface area (Å²) < 4.78 is 32.2. The zero-order valence-electron chi connectivity index (χ0n) is 13.3. The Morgan fingerprint density at radius 2 is 1.76 bits per heavy atom. The molecule has 4 N–H and O–H groups in total. The lowest BCUT2D eigenvalue weighted by atomic mass is 10.2. The summed E-state index contributed by atoms with van der Waals surface area (Å²) in [6.45, 7) is 0. The molecule has 128 valence electrons. The zero-order chi connectivity index (χ0) is 17.8. The molecule has 0 fully saturated rings. The van der Waals surface area contributed by atoms with E-state index in [0.717, 1.165) is 18.2 Å². The van der Waals surface area contributed by atoms with Crippen LogP contribution in [0.3, 0.4) is 0 Å². The Morgan fingerprint density at radius 1 is 1.00 bits per heavy atom. The highest BCUT2D eigenvalue weighted by Crippen LogP contribution is 2.30. The minimum Gasteiger partial charge on any atom is -0.497 e. The third-order valence-electron chi connectivity index (χ3n) is 3.40. The van der Waals surface area contributed by atoms with Crippen molar-refractivity contribution in [1.29, 1.82) is 0 Å². The molecular formula is C17H15F2N5O. The third kappa shape index (κ3) is 3.74. The van der Waals surface area contributed by atoms with Crippen LogP contribution in [-0.2, 0) is 0 Å². The standard InChI is InChI=1S/C17H15F2N5O/c1-25-12-4-2-3-11(8-12)23-16-15(20)17(22-9-21-16)24-14-7-10(18)5-6-13(14)19/h2-9H,20H2,1H3,(H2,21,22,23,24). The summed E-state index contributed by atoms with van der Waals surface area (Å²) in [6, 6.07) is 10.2. The van der Waals surface area contributed by atoms with Crippen LogP contribution in [0.15, 0.2) is 48.8 Å². The highest BCUT2D eigenvalue weighted by molar-refractivity contribution is 5.80. The molecule has 0 aliphatic rings. The molecule has 0 spiro atoms. The molecule has 25 heavy (non-hydrogen) atoms. The Hall–Kier alpha value is -3.42. The van der Waals surface area contributed by atoms with E-state index >= 15 is 0 Å². The molecule has 0 aliphatic heterocycles. The molecule has 0 radical (unpaired) electrons. The van der Waals surface area contributed by atoms with Crippen molar-refractivity contribution in [2.75, 3.05) is 23.5 Å². The van der Waals surface area contributed by atoms with Crippen molar-refractivity contribution >= 4 is 28.7 Å². The second-order valence-electron chi connectivity index (χ2n) is 5.09. The summed E-state index contributed by atoms with van der Waals surface area (Å²) in [7, 11) is 1.56. The lowest BCUT2D eigenvalue weighted by molar-refractivity contribution is 0.415. The largest absolute Gasteiger partial charge is 0.497 e. The van der Waals surface area contributed by atoms with E-state index in [-0.39, 0.29) is 17.2 Å². The van der Waals surface area contributed by atoms with Crippen LogP contribution in [0.25, 0.3) is 0 Å². The number of nitrogen functional groups attached to an aromatic ring is 1. The Balaban J connectivity index is 1.88. The van der Waals surface area contributed by atoms with Crippen molar-refractivity contribution in [3.8, 4) is 5.75 Å². The normalized spacial score (nSPS) is 10.4. The number of ether oxygens (including phenoxy) is 1. The van der Waals surface area contributed by atoms with E-state index < -0.39 is 11.6 Å². The van der Waals surface area contributed by atoms with Crippen LogP contribution in [0.4, 0.5) is 37.5 Å². The maximum absolute atomic E-state index is 13.8. The first kappa shape index (κ1) is 16.4. The van der Waals surface area contributed by atoms with Gasteiger partial charge in [0.25, 0.3) is 0 Å². The van der Waals surface area contributed by atoms with E-state index in [9.17, 15) is 8.78 Å². The highest BCUT2D eigenvalue weighted by atomic mass is 19.1. The number of halogens is 2. The van der Waals surface area contributed by atoms with Crippen molar-refractivity contribution in [3.63, 3.8) is 0 Å². The average Bonchev–Trinajstić information content (AvgIpc) is 2.61. The number of hydrogen-bond donors (Lipinski definition) is 3. The van der Waals surface area contributed by atoms with E-state index in [1.54, 1.807) is 25.3 Å². The van der Waals surface area contributed by atoms with Gasteiger partial charge in [0.2, 0.25) is 0 Å². The maximum atomic E-state index is 13.8. The molecule has 2 aromatic carbocycles. The number of methoxy groups -OCH3 is 1. The number of rotatable bonds is 5. The number of nitrogens with zero attached hydrogens (tertiary/aromatic N) is 2. The van der Waals surface area contributed by atoms with E-state index in [0.29, 0.717) is 17.3 Å². The molecule has 0 amide bonds. The molecule has 0 saturated carbocycles. The summed E-state index contributed by atoms with van der Waals surface area (Å²) in [5.41, 5.74) is 6.83. The van der Waals surface area contributed by atoms with Crippen molar-refractivity contribution in [3.05, 3.63) is 60.4 Å². The average molecular weight is 343 g/mol. The molecule has 3 rings (SSSR count). The first-order valence-electron chi connectivity index (χ1n) is 7.30. The van der Waals surface area contributed by atoms with Crippen LogP contribution in [0.5, 0.6) is 5.75 Å². The number of aromatic nitrogens is 2. The van der Waals surface area contributed by atoms with Gasteiger partial charge in [-0.3, -0.25) is 0 Å². The molecule has 1 heterocycles. The minimum atomic E-state index is -0.623. The molecule has 1 aromatic heterocycles. The number of anilines is 5. The Bertz CT molecular complexity index is 904. The smallest absolute Gasteiger partial charge is 0.159 e. The van der Waals surface area contributed by atoms with E-state index in [4.69, 9.17) is 10.5 Å². The lowest BCUT2D eigenvalue weighted by Gasteiger charge is -2.13. The van der Waals surface area contributed by atoms with Crippen LogP contribution in [0.2, 0.25) is 0 Å². The minimum absolute atomic E-state index is 0.0715. The van der Waals surface area contributed by atoms with Gasteiger partial charge in [0.15, 0.2) is 11.6 Å². The summed E-state index contributed by atoms with van der Waals surface area (Å²) in [4.78, 5) is 8.05. The first-order chi connectivity index (χ1) is 12.1. The van der Waals surface area contributed by atoms with Gasteiger partial charge in [0.05, 0.1) is 12.8 Å². The fraction of sp³-hybridized carbons (Fsp3) is 0.0588. The van der Waals surface area contributed by atoms with Gasteiger partial charge in [-0.2, -0.15) is 0 Å². The van der Waals surface area contributed by atoms with Crippen LogP contribution in [0.1, 0.15) is 0 Å². The quantitative estimate of drug-likeness (QED) is 0.653. The molecule has 0 aliphatic carbocycles. The topological polar surface area (TPSA) is 85.1 Å². The molecule has 0 atom stereocenters. The second-order valence-corrected chi connectivity index (χ2v) is 5.09. The van der Waals surface area contributed by atoms with Gasteiger partial charge in [-0.05, 0) is 24.3 Å². The Labute approximate surface area is 142 Å². The summed E-state index contributed by atoms with van der Waals surface area (Å²) in [5.74, 6) is -0.0572. The number of benzene rings is 2. The molecular weight excluding hydrogens is 328 g/mol. The van der Waals surface area contributed by atoms with Gasteiger partial charge in [-0.25, -0.2) is 18.7 Å². The SMILES string of the molecule is COc1cccc(Nc2ncnc(Nc3cc(F)ccc3F)c2N)c1. The first-order valence-corrected chi connectivity index (χ1v) is 7.30. The fourth-order valence-electron chi connectivity index (χ4n) is 2.15. The Morgan fingerprint density at radius 3 is 2.52 bits per heavy atom. The summed E-state index contributed by atoms with van der Waals surface area (Å²) >= 11 is 0. The maximum Gasteiger partial charge on any atom is 0.159 e. The van der Waals surface area contributed by atoms with Gasteiger partial charge in [0.1, 0.15) is 29.4 Å². The van der Waals surface area contributed by atoms with Crippen LogP contribution in [-0.4, -0.2) is 17.1 Å². The molecule has 8 heteroatoms. The number of hydrogen-bond acceptors (Lipinski definition) is 6. The van der Waals surface area contributed by atoms with Gasteiger partial charge in [-0.15, -0.1) is 0 Å². The Kier molecular flexibility index (Phi) is 4.60. The van der Waals surface area contributed by atoms with Crippen molar-refractivity contribution < 1.29 is 13.5 Å². The van der Waals surface area contributed by atoms with Gasteiger partial charge < -0.3 is 21.1 Å². The monoisotopic (exact) mass is 343 g/mol. The van der Waals surface area contributed by atoms with Crippen molar-refractivity contribution in [2.45, 2.75) is 0 Å². The molecule has 3 aromatic rings. The molecule has 0 unspecified atom stereocenters. The summed E-state index contributed by atoms with van der Waals surface area (Å²) in [5, 5.41) is 5.71. The molecule has 0 bridgehead atoms. The highest BCUT2D eigenvalue weighted by Gasteiger charge is 2.11. The van der Waals surface area contributed by atoms with Crippen LogP contribution >= 0.6 is 0 Å². The molecule has 0 saturated heterocycles. The molecule has 6 nitrogen and oxygen atoms in total. The van der Waals surface area contributed by atoms with Crippen molar-refractivity contribution in [2.24, 2.45) is 0 Å². The van der Waals surface area contributed by atoms with Gasteiger partial charge in [-0.1, -0.05) is 6.07 Å². The van der Waals surface area contributed by atoms with E-state index in [2.05, 4.69) is 20.6 Å². The number of nitrogens with two attached hydrogens (primary N) is 1. The lowest BCUT2D eigenvalue weighted by Crippen LogP contribution is -2.06. The fourth-order valence-corrected chi connectivity index (χ4v) is 2.15. The van der Waals surface area contributed by atoms with E-state index in [1.807, 2.05) is 6.07 Å². The van der Waals surface area contributed by atoms with Crippen LogP contribution in [0, 0.1) is 11.6 Å². The van der Waals surface area contributed by atoms with Crippen molar-refractivity contribution in [1.82, 2.24) is 9.97 Å². The predicted molar refractivity (Wildman–Crippen MR) is 92.4 cm³/mol. The van der Waals surface area contributed by atoms with Crippen LogP contribution < -0.4 is 21.1 Å². The number of nitrogens with one attached hydrogen (secondary N) is 2. The van der Waals surface area contributed by atoms with E-state index in [1.165, 1.54) is 6.33 Å². The van der Waals surface area contributed by atoms with Gasteiger partial charge in [0, 0.05) is 17.8 Å². The summed E-state index contributed by atoms with van der Waals surface area (Å²) in [6.07, 6.45) is 1.26. The predicted octanol–water partition coefficient (Wildman–Crippen LogP) is 3.83.